The molecule has 25 heavy (non-hydrogen) atoms. The van der Waals surface area contributed by atoms with Crippen molar-refractivity contribution in [2.45, 2.75) is 19.6 Å². The third-order valence-corrected chi connectivity index (χ3v) is 3.73. The molecule has 1 aromatic heterocycles. The molecule has 0 aliphatic heterocycles. The van der Waals surface area contributed by atoms with Crippen LogP contribution >= 0.6 is 11.6 Å². The molecular weight excluding hydrogens is 346 g/mol. The van der Waals surface area contributed by atoms with Gasteiger partial charge in [-0.05, 0) is 24.3 Å². The SMILES string of the molecule is C=CCn1c(=O)n(CC=C)c(=O)n(CC(=O)c2ccc(Cl)cc2)c1=O. The highest BCUT2D eigenvalue weighted by molar-refractivity contribution is 6.30. The van der Waals surface area contributed by atoms with Gasteiger partial charge in [-0.15, -0.1) is 13.2 Å². The van der Waals surface area contributed by atoms with Crippen molar-refractivity contribution >= 4 is 17.4 Å². The largest absolute Gasteiger partial charge is 0.337 e. The highest BCUT2D eigenvalue weighted by Crippen LogP contribution is 2.10. The van der Waals surface area contributed by atoms with Crippen molar-refractivity contribution in [1.82, 2.24) is 13.7 Å². The summed E-state index contributed by atoms with van der Waals surface area (Å²) in [4.78, 5) is 49.5. The van der Waals surface area contributed by atoms with Crippen LogP contribution < -0.4 is 17.1 Å². The molecule has 8 heteroatoms. The van der Waals surface area contributed by atoms with Crippen molar-refractivity contribution < 1.29 is 4.79 Å². The Hall–Kier alpha value is -2.93. The van der Waals surface area contributed by atoms with Crippen molar-refractivity contribution in [2.24, 2.45) is 0 Å². The molecule has 1 aromatic carbocycles. The topological polar surface area (TPSA) is 83.1 Å². The van der Waals surface area contributed by atoms with Crippen LogP contribution in [0, 0.1) is 0 Å². The lowest BCUT2D eigenvalue weighted by atomic mass is 10.1. The maximum Gasteiger partial charge on any atom is 0.337 e. The third-order valence-electron chi connectivity index (χ3n) is 3.48. The number of allylic oxidation sites excluding steroid dienone is 2. The zero-order valence-electron chi connectivity index (χ0n) is 13.4. The maximum atomic E-state index is 12.4. The molecule has 0 aliphatic rings. The van der Waals surface area contributed by atoms with E-state index in [2.05, 4.69) is 13.2 Å². The van der Waals surface area contributed by atoms with Gasteiger partial charge in [-0.1, -0.05) is 23.8 Å². The van der Waals surface area contributed by atoms with Gasteiger partial charge in [0, 0.05) is 10.6 Å². The van der Waals surface area contributed by atoms with E-state index in [4.69, 9.17) is 11.6 Å². The molecule has 2 aromatic rings. The first kappa shape index (κ1) is 18.4. The first-order valence-corrected chi connectivity index (χ1v) is 7.73. The van der Waals surface area contributed by atoms with Gasteiger partial charge in [-0.3, -0.25) is 4.79 Å². The van der Waals surface area contributed by atoms with E-state index in [0.29, 0.717) is 10.6 Å². The standard InChI is InChI=1S/C17H16ClN3O4/c1-3-9-19-15(23)20(10-4-2)17(25)21(16(19)24)11-14(22)12-5-7-13(18)8-6-12/h3-8H,1-2,9-11H2. The molecule has 0 amide bonds. The molecule has 0 spiro atoms. The number of rotatable bonds is 7. The zero-order chi connectivity index (χ0) is 18.6. The first-order chi connectivity index (χ1) is 11.9. The van der Waals surface area contributed by atoms with Crippen molar-refractivity contribution in [3.8, 4) is 0 Å². The minimum atomic E-state index is -0.863. The predicted octanol–water partition coefficient (Wildman–Crippen LogP) is 1.08. The van der Waals surface area contributed by atoms with Gasteiger partial charge in [-0.25, -0.2) is 28.1 Å². The van der Waals surface area contributed by atoms with Crippen LogP contribution in [0.25, 0.3) is 0 Å². The molecule has 0 bridgehead atoms. The van der Waals surface area contributed by atoms with E-state index in [1.165, 1.54) is 36.4 Å². The number of hydrogen-bond acceptors (Lipinski definition) is 4. The summed E-state index contributed by atoms with van der Waals surface area (Å²) in [6.45, 7) is 6.33. The second-order valence-electron chi connectivity index (χ2n) is 5.16. The third kappa shape index (κ3) is 3.77. The Morgan fingerprint density at radius 1 is 0.880 bits per heavy atom. The second-order valence-corrected chi connectivity index (χ2v) is 5.60. The molecule has 0 saturated heterocycles. The van der Waals surface area contributed by atoms with Gasteiger partial charge < -0.3 is 0 Å². The average Bonchev–Trinajstić information content (AvgIpc) is 2.60. The molecule has 0 fully saturated rings. The zero-order valence-corrected chi connectivity index (χ0v) is 14.1. The Balaban J connectivity index is 2.58. The van der Waals surface area contributed by atoms with Gasteiger partial charge >= 0.3 is 17.1 Å². The van der Waals surface area contributed by atoms with E-state index in [1.54, 1.807) is 0 Å². The number of halogens is 1. The Kier molecular flexibility index (Phi) is 5.71. The van der Waals surface area contributed by atoms with Gasteiger partial charge in [0.1, 0.15) is 0 Å². The fourth-order valence-corrected chi connectivity index (χ4v) is 2.39. The van der Waals surface area contributed by atoms with Crippen molar-refractivity contribution in [3.05, 3.63) is 91.6 Å². The van der Waals surface area contributed by atoms with Crippen LogP contribution in [0.2, 0.25) is 5.02 Å². The van der Waals surface area contributed by atoms with E-state index in [9.17, 15) is 19.2 Å². The van der Waals surface area contributed by atoms with Crippen molar-refractivity contribution in [1.29, 1.82) is 0 Å². The molecule has 130 valence electrons. The molecule has 0 atom stereocenters. The van der Waals surface area contributed by atoms with E-state index in [-0.39, 0.29) is 13.1 Å². The number of ketones is 1. The summed E-state index contributed by atoms with van der Waals surface area (Å²) < 4.78 is 2.41. The number of benzene rings is 1. The van der Waals surface area contributed by atoms with Crippen LogP contribution in [0.15, 0.2) is 64.0 Å². The van der Waals surface area contributed by atoms with Crippen LogP contribution in [0.4, 0.5) is 0 Å². The minimum absolute atomic E-state index is 0.0791. The molecule has 0 radical (unpaired) electrons. The quantitative estimate of drug-likeness (QED) is 0.545. The highest BCUT2D eigenvalue weighted by atomic mass is 35.5. The van der Waals surface area contributed by atoms with Gasteiger partial charge in [0.15, 0.2) is 5.78 Å². The van der Waals surface area contributed by atoms with Crippen LogP contribution in [-0.2, 0) is 19.6 Å². The fraction of sp³-hybridized carbons (Fsp3) is 0.176. The van der Waals surface area contributed by atoms with Crippen molar-refractivity contribution in [2.75, 3.05) is 0 Å². The van der Waals surface area contributed by atoms with E-state index in [0.717, 1.165) is 13.7 Å². The summed E-state index contributed by atoms with van der Waals surface area (Å²) in [5.41, 5.74) is -2.20. The summed E-state index contributed by atoms with van der Waals surface area (Å²) >= 11 is 5.78. The van der Waals surface area contributed by atoms with Crippen LogP contribution in [0.3, 0.4) is 0 Å². The number of carbonyl (C=O) groups is 1. The Morgan fingerprint density at radius 2 is 1.32 bits per heavy atom. The molecule has 0 unspecified atom stereocenters. The Bertz CT molecular complexity index is 948. The maximum absolute atomic E-state index is 12.4. The monoisotopic (exact) mass is 361 g/mol. The van der Waals surface area contributed by atoms with Crippen LogP contribution in [0.1, 0.15) is 10.4 Å². The summed E-state index contributed by atoms with van der Waals surface area (Å²) in [5.74, 6) is -0.454. The van der Waals surface area contributed by atoms with Gasteiger partial charge in [0.25, 0.3) is 0 Å². The normalized spacial score (nSPS) is 10.4. The molecular formula is C17H16ClN3O4. The second kappa shape index (κ2) is 7.76. The van der Waals surface area contributed by atoms with Crippen molar-refractivity contribution in [3.63, 3.8) is 0 Å². The van der Waals surface area contributed by atoms with E-state index >= 15 is 0 Å². The summed E-state index contributed by atoms with van der Waals surface area (Å²) in [7, 11) is 0. The van der Waals surface area contributed by atoms with Gasteiger partial charge in [0.05, 0.1) is 19.6 Å². The van der Waals surface area contributed by atoms with Crippen LogP contribution in [-0.4, -0.2) is 19.5 Å². The molecule has 0 N–H and O–H groups in total. The predicted molar refractivity (Wildman–Crippen MR) is 95.4 cm³/mol. The van der Waals surface area contributed by atoms with Crippen LogP contribution in [0.5, 0.6) is 0 Å². The summed E-state index contributed by atoms with van der Waals surface area (Å²) in [5, 5.41) is 0.460. The lowest BCUT2D eigenvalue weighted by Crippen LogP contribution is -2.55. The molecule has 1 heterocycles. The highest BCUT2D eigenvalue weighted by Gasteiger charge is 2.17. The number of nitrogens with zero attached hydrogens (tertiary/aromatic N) is 3. The number of carbonyl (C=O) groups excluding carboxylic acids is 1. The number of Topliss-reactive ketones (excluding diaryl/α,β-unsaturated/α-hetero) is 1. The number of hydrogen-bond donors (Lipinski definition) is 0. The van der Waals surface area contributed by atoms with Gasteiger partial charge in [0.2, 0.25) is 0 Å². The Morgan fingerprint density at radius 3 is 1.76 bits per heavy atom. The molecule has 0 aliphatic carbocycles. The average molecular weight is 362 g/mol. The smallest absolute Gasteiger partial charge is 0.292 e. The van der Waals surface area contributed by atoms with E-state index < -0.39 is 29.4 Å². The lowest BCUT2D eigenvalue weighted by Gasteiger charge is -2.11. The fourth-order valence-electron chi connectivity index (χ4n) is 2.26. The minimum Gasteiger partial charge on any atom is -0.292 e. The van der Waals surface area contributed by atoms with E-state index in [1.807, 2.05) is 0 Å². The summed E-state index contributed by atoms with van der Waals surface area (Å²) in [6.07, 6.45) is 2.72. The molecule has 7 nitrogen and oxygen atoms in total. The lowest BCUT2D eigenvalue weighted by molar-refractivity contribution is 0.0966. The molecule has 0 saturated carbocycles. The molecule has 2 rings (SSSR count). The Labute approximate surface area is 147 Å². The number of aromatic nitrogens is 3. The van der Waals surface area contributed by atoms with Gasteiger partial charge in [-0.2, -0.15) is 0 Å². The first-order valence-electron chi connectivity index (χ1n) is 7.35. The summed E-state index contributed by atoms with van der Waals surface area (Å²) in [6, 6.07) is 6.06.